The van der Waals surface area contributed by atoms with Gasteiger partial charge in [0.1, 0.15) is 9.84 Å². The molecule has 1 aliphatic carbocycles. The molecule has 2 N–H and O–H groups in total. The van der Waals surface area contributed by atoms with Crippen LogP contribution in [-0.4, -0.2) is 49.9 Å². The number of nitrogens with zero attached hydrogens (tertiary/aromatic N) is 1. The highest BCUT2D eigenvalue weighted by atomic mass is 35.5. The molecule has 0 bridgehead atoms. The van der Waals surface area contributed by atoms with E-state index >= 15 is 0 Å². The molecule has 1 saturated carbocycles. The highest BCUT2D eigenvalue weighted by molar-refractivity contribution is 7.90. The molecule has 1 atom stereocenters. The first-order valence-electron chi connectivity index (χ1n) is 5.05. The van der Waals surface area contributed by atoms with E-state index in [1.165, 1.54) is 6.26 Å². The molecule has 16 heavy (non-hydrogen) atoms. The zero-order valence-electron chi connectivity index (χ0n) is 9.55. The van der Waals surface area contributed by atoms with E-state index in [0.717, 1.165) is 12.8 Å². The number of nitrogens with two attached hydrogens (primary N) is 1. The summed E-state index contributed by atoms with van der Waals surface area (Å²) in [4.78, 5) is 13.3. The summed E-state index contributed by atoms with van der Waals surface area (Å²) in [5, 5.41) is 0. The highest BCUT2D eigenvalue weighted by Gasteiger charge is 2.33. The second-order valence-electron chi connectivity index (χ2n) is 4.18. The van der Waals surface area contributed by atoms with Gasteiger partial charge < -0.3 is 10.6 Å². The van der Waals surface area contributed by atoms with Crippen molar-refractivity contribution in [3.63, 3.8) is 0 Å². The predicted octanol–water partition coefficient (Wildman–Crippen LogP) is -0.209. The van der Waals surface area contributed by atoms with Crippen LogP contribution < -0.4 is 5.73 Å². The maximum atomic E-state index is 11.6. The summed E-state index contributed by atoms with van der Waals surface area (Å²) in [6.07, 6.45) is 3.10. The molecule has 0 unspecified atom stereocenters. The lowest BCUT2D eigenvalue weighted by Gasteiger charge is -2.23. The molecule has 1 aliphatic rings. The van der Waals surface area contributed by atoms with Crippen LogP contribution in [0.25, 0.3) is 0 Å². The topological polar surface area (TPSA) is 80.5 Å². The van der Waals surface area contributed by atoms with Crippen molar-refractivity contribution < 1.29 is 13.2 Å². The third-order valence-electron chi connectivity index (χ3n) is 2.36. The van der Waals surface area contributed by atoms with E-state index in [1.54, 1.807) is 11.8 Å². The van der Waals surface area contributed by atoms with E-state index in [1.807, 2.05) is 0 Å². The first kappa shape index (κ1) is 15.7. The Morgan fingerprint density at radius 1 is 1.50 bits per heavy atom. The van der Waals surface area contributed by atoms with Crippen LogP contribution in [0.3, 0.4) is 0 Å². The third-order valence-corrected chi connectivity index (χ3v) is 3.29. The minimum Gasteiger partial charge on any atom is -0.337 e. The summed E-state index contributed by atoms with van der Waals surface area (Å²) in [6.45, 7) is 1.89. The van der Waals surface area contributed by atoms with Gasteiger partial charge >= 0.3 is 0 Å². The molecular formula is C9H19ClN2O3S. The van der Waals surface area contributed by atoms with Crippen LogP contribution in [-0.2, 0) is 14.6 Å². The number of hydrogen-bond acceptors (Lipinski definition) is 4. The predicted molar refractivity (Wildman–Crippen MR) is 65.3 cm³/mol. The van der Waals surface area contributed by atoms with Crippen molar-refractivity contribution in [1.82, 2.24) is 4.90 Å². The lowest BCUT2D eigenvalue weighted by atomic mass is 10.3. The average Bonchev–Trinajstić information content (AvgIpc) is 2.85. The minimum atomic E-state index is -3.02. The number of sulfone groups is 1. The van der Waals surface area contributed by atoms with Gasteiger partial charge in [-0.3, -0.25) is 4.79 Å². The third kappa shape index (κ3) is 5.14. The van der Waals surface area contributed by atoms with Crippen molar-refractivity contribution in [2.24, 2.45) is 5.73 Å². The Morgan fingerprint density at radius 2 is 2.00 bits per heavy atom. The summed E-state index contributed by atoms with van der Waals surface area (Å²) in [7, 11) is -3.02. The second-order valence-corrected chi connectivity index (χ2v) is 6.44. The molecule has 1 fully saturated rings. The van der Waals surface area contributed by atoms with Gasteiger partial charge in [0.15, 0.2) is 0 Å². The first-order chi connectivity index (χ1) is 6.81. The van der Waals surface area contributed by atoms with E-state index in [0.29, 0.717) is 0 Å². The molecule has 0 saturated heterocycles. The fourth-order valence-electron chi connectivity index (χ4n) is 1.38. The van der Waals surface area contributed by atoms with Crippen LogP contribution in [0, 0.1) is 0 Å². The van der Waals surface area contributed by atoms with Gasteiger partial charge in [0.2, 0.25) is 5.91 Å². The van der Waals surface area contributed by atoms with Crippen molar-refractivity contribution in [3.8, 4) is 0 Å². The Kier molecular flexibility index (Phi) is 5.72. The van der Waals surface area contributed by atoms with Crippen molar-refractivity contribution in [2.45, 2.75) is 31.8 Å². The Bertz CT molecular complexity index is 339. The van der Waals surface area contributed by atoms with E-state index in [-0.39, 0.29) is 36.7 Å². The number of carbonyl (C=O) groups excluding carboxylic acids is 1. The van der Waals surface area contributed by atoms with Gasteiger partial charge in [-0.25, -0.2) is 8.42 Å². The second kappa shape index (κ2) is 5.84. The number of halogens is 1. The molecule has 0 radical (unpaired) electrons. The summed E-state index contributed by atoms with van der Waals surface area (Å²) >= 11 is 0. The Balaban J connectivity index is 0.00000225. The largest absolute Gasteiger partial charge is 0.337 e. The van der Waals surface area contributed by atoms with Gasteiger partial charge in [0.05, 0.1) is 11.8 Å². The van der Waals surface area contributed by atoms with Crippen LogP contribution in [0.15, 0.2) is 0 Å². The lowest BCUT2D eigenvalue weighted by molar-refractivity contribution is -0.132. The zero-order valence-corrected chi connectivity index (χ0v) is 11.2. The molecule has 0 aromatic rings. The van der Waals surface area contributed by atoms with Crippen molar-refractivity contribution >= 4 is 28.2 Å². The zero-order chi connectivity index (χ0) is 11.6. The Labute approximate surface area is 103 Å². The number of carbonyl (C=O) groups is 1. The first-order valence-corrected chi connectivity index (χ1v) is 7.11. The normalized spacial score (nSPS) is 17.4. The van der Waals surface area contributed by atoms with Gasteiger partial charge in [0.25, 0.3) is 0 Å². The lowest BCUT2D eigenvalue weighted by Crippen LogP contribution is -2.45. The van der Waals surface area contributed by atoms with Gasteiger partial charge in [-0.1, -0.05) is 0 Å². The summed E-state index contributed by atoms with van der Waals surface area (Å²) < 4.78 is 22.0. The van der Waals surface area contributed by atoms with Gasteiger partial charge in [-0.05, 0) is 19.8 Å². The molecule has 0 aliphatic heterocycles. The Hall–Kier alpha value is -0.330. The quantitative estimate of drug-likeness (QED) is 0.750. The molecule has 0 aromatic carbocycles. The van der Waals surface area contributed by atoms with Gasteiger partial charge in [-0.15, -0.1) is 12.4 Å². The van der Waals surface area contributed by atoms with Crippen LogP contribution in [0.4, 0.5) is 0 Å². The van der Waals surface area contributed by atoms with Gasteiger partial charge in [0, 0.05) is 18.8 Å². The van der Waals surface area contributed by atoms with E-state index < -0.39 is 15.9 Å². The fraction of sp³-hybridized carbons (Fsp3) is 0.889. The maximum Gasteiger partial charge on any atom is 0.239 e. The molecule has 0 aromatic heterocycles. The van der Waals surface area contributed by atoms with Gasteiger partial charge in [-0.2, -0.15) is 0 Å². The van der Waals surface area contributed by atoms with E-state index in [9.17, 15) is 13.2 Å². The molecule has 1 amide bonds. The number of rotatable bonds is 5. The van der Waals surface area contributed by atoms with Crippen LogP contribution in [0.1, 0.15) is 19.8 Å². The van der Waals surface area contributed by atoms with E-state index in [4.69, 9.17) is 5.73 Å². The highest BCUT2D eigenvalue weighted by Crippen LogP contribution is 2.27. The monoisotopic (exact) mass is 270 g/mol. The van der Waals surface area contributed by atoms with Crippen molar-refractivity contribution in [2.75, 3.05) is 18.6 Å². The molecule has 96 valence electrons. The average molecular weight is 271 g/mol. The van der Waals surface area contributed by atoms with Crippen LogP contribution in [0.2, 0.25) is 0 Å². The molecule has 1 rings (SSSR count). The molecule has 0 spiro atoms. The summed E-state index contributed by atoms with van der Waals surface area (Å²) in [5.41, 5.74) is 5.50. The van der Waals surface area contributed by atoms with Crippen molar-refractivity contribution in [3.05, 3.63) is 0 Å². The molecular weight excluding hydrogens is 252 g/mol. The van der Waals surface area contributed by atoms with Crippen molar-refractivity contribution in [1.29, 1.82) is 0 Å². The van der Waals surface area contributed by atoms with E-state index in [2.05, 4.69) is 0 Å². The fourth-order valence-corrected chi connectivity index (χ4v) is 1.91. The summed E-state index contributed by atoms with van der Waals surface area (Å²) in [5.74, 6) is -0.136. The molecule has 5 nitrogen and oxygen atoms in total. The molecule has 7 heteroatoms. The molecule has 0 heterocycles. The number of amides is 1. The summed E-state index contributed by atoms with van der Waals surface area (Å²) in [6, 6.07) is -0.338. The van der Waals surface area contributed by atoms with Crippen LogP contribution in [0.5, 0.6) is 0 Å². The number of hydrogen-bond donors (Lipinski definition) is 1. The minimum absolute atomic E-state index is 0. The standard InChI is InChI=1S/C9H18N2O3S.ClH/c1-7(10)9(12)11(8-3-4-8)5-6-15(2,13)14;/h7-8H,3-6,10H2,1-2H3;1H/t7-;/m1./s1. The smallest absolute Gasteiger partial charge is 0.239 e. The Morgan fingerprint density at radius 3 is 2.31 bits per heavy atom. The SMILES string of the molecule is C[C@@H](N)C(=O)N(CCS(C)(=O)=O)C1CC1.Cl. The van der Waals surface area contributed by atoms with Crippen LogP contribution >= 0.6 is 12.4 Å². The maximum absolute atomic E-state index is 11.6.